The predicted octanol–water partition coefficient (Wildman–Crippen LogP) is -0.330. The molecule has 0 aromatic carbocycles. The van der Waals surface area contributed by atoms with Crippen molar-refractivity contribution in [3.63, 3.8) is 0 Å². The van der Waals surface area contributed by atoms with E-state index in [-0.39, 0.29) is 30.0 Å². The Morgan fingerprint density at radius 2 is 2.16 bits per heavy atom. The molecule has 106 valence electrons. The number of carbonyl (C=O) groups excluding carboxylic acids is 2. The van der Waals surface area contributed by atoms with E-state index < -0.39 is 21.9 Å². The molecule has 0 aromatic rings. The zero-order valence-electron chi connectivity index (χ0n) is 11.0. The van der Waals surface area contributed by atoms with Gasteiger partial charge in [-0.05, 0) is 12.0 Å². The third kappa shape index (κ3) is 2.80. The maximum Gasteiger partial charge on any atom is 0.246 e. The number of piperazine rings is 1. The monoisotopic (exact) mass is 286 g/mol. The van der Waals surface area contributed by atoms with Crippen molar-refractivity contribution in [3.05, 3.63) is 11.5 Å². The van der Waals surface area contributed by atoms with Crippen LogP contribution in [-0.2, 0) is 19.4 Å². The molecule has 2 aliphatic heterocycles. The minimum Gasteiger partial charge on any atom is -0.342 e. The topological polar surface area (TPSA) is 83.6 Å². The van der Waals surface area contributed by atoms with E-state index in [2.05, 4.69) is 5.32 Å². The van der Waals surface area contributed by atoms with Crippen LogP contribution >= 0.6 is 0 Å². The van der Waals surface area contributed by atoms with Crippen LogP contribution in [0.25, 0.3) is 0 Å². The first kappa shape index (κ1) is 14.0. The standard InChI is InChI=1S/C12H18N2O4S/c1-3-8(2)11-12(16)14(6-10(15)13-11)9-4-5-19(17,18)7-9/h4-5,8-9,11H,3,6-7H2,1-2H3,(H,13,15). The molecule has 0 radical (unpaired) electrons. The Kier molecular flexibility index (Phi) is 3.66. The summed E-state index contributed by atoms with van der Waals surface area (Å²) in [5, 5.41) is 3.81. The second-order valence-corrected chi connectivity index (χ2v) is 7.05. The highest BCUT2D eigenvalue weighted by Gasteiger charge is 2.40. The van der Waals surface area contributed by atoms with Crippen molar-refractivity contribution in [1.29, 1.82) is 0 Å². The largest absolute Gasteiger partial charge is 0.342 e. The van der Waals surface area contributed by atoms with Crippen LogP contribution in [0, 0.1) is 5.92 Å². The number of hydrogen-bond acceptors (Lipinski definition) is 4. The molecule has 0 aliphatic carbocycles. The second-order valence-electron chi connectivity index (χ2n) is 5.12. The molecule has 1 N–H and O–H groups in total. The van der Waals surface area contributed by atoms with Crippen LogP contribution in [0.1, 0.15) is 20.3 Å². The fourth-order valence-electron chi connectivity index (χ4n) is 2.35. The average molecular weight is 286 g/mol. The van der Waals surface area contributed by atoms with E-state index in [4.69, 9.17) is 0 Å². The van der Waals surface area contributed by atoms with Crippen molar-refractivity contribution in [2.45, 2.75) is 32.4 Å². The van der Waals surface area contributed by atoms with Gasteiger partial charge in [-0.1, -0.05) is 20.3 Å². The summed E-state index contributed by atoms with van der Waals surface area (Å²) in [6, 6.07) is -1.07. The molecular weight excluding hydrogens is 268 g/mol. The Hall–Kier alpha value is -1.37. The van der Waals surface area contributed by atoms with Crippen LogP contribution in [0.2, 0.25) is 0 Å². The third-order valence-electron chi connectivity index (χ3n) is 3.70. The van der Waals surface area contributed by atoms with Gasteiger partial charge in [0.25, 0.3) is 0 Å². The SMILES string of the molecule is CCC(C)C1NC(=O)CN(C2C=CS(=O)(=O)C2)C1=O. The zero-order valence-corrected chi connectivity index (χ0v) is 11.8. The lowest BCUT2D eigenvalue weighted by molar-refractivity contribution is -0.146. The summed E-state index contributed by atoms with van der Waals surface area (Å²) in [7, 11) is -3.24. The summed E-state index contributed by atoms with van der Waals surface area (Å²) in [6.45, 7) is 3.77. The summed E-state index contributed by atoms with van der Waals surface area (Å²) >= 11 is 0. The average Bonchev–Trinajstić information content (AvgIpc) is 2.71. The van der Waals surface area contributed by atoms with Gasteiger partial charge in [0.1, 0.15) is 12.6 Å². The van der Waals surface area contributed by atoms with Crippen molar-refractivity contribution in [2.75, 3.05) is 12.3 Å². The predicted molar refractivity (Wildman–Crippen MR) is 69.8 cm³/mol. The van der Waals surface area contributed by atoms with Crippen LogP contribution in [0.5, 0.6) is 0 Å². The van der Waals surface area contributed by atoms with Crippen LogP contribution in [-0.4, -0.2) is 49.5 Å². The highest BCUT2D eigenvalue weighted by molar-refractivity contribution is 7.94. The smallest absolute Gasteiger partial charge is 0.246 e. The number of rotatable bonds is 3. The molecule has 7 heteroatoms. The number of carbonyl (C=O) groups is 2. The molecule has 2 amide bonds. The molecule has 0 saturated carbocycles. The quantitative estimate of drug-likeness (QED) is 0.770. The van der Waals surface area contributed by atoms with Crippen molar-refractivity contribution in [1.82, 2.24) is 10.2 Å². The minimum atomic E-state index is -3.24. The Morgan fingerprint density at radius 1 is 1.47 bits per heavy atom. The van der Waals surface area contributed by atoms with Gasteiger partial charge in [-0.2, -0.15) is 0 Å². The zero-order chi connectivity index (χ0) is 14.2. The van der Waals surface area contributed by atoms with Gasteiger partial charge >= 0.3 is 0 Å². The molecule has 0 aromatic heterocycles. The Bertz CT molecular complexity index is 526. The van der Waals surface area contributed by atoms with Gasteiger partial charge in [0.15, 0.2) is 9.84 Å². The number of hydrogen-bond donors (Lipinski definition) is 1. The van der Waals surface area contributed by atoms with Gasteiger partial charge in [0.2, 0.25) is 11.8 Å². The summed E-state index contributed by atoms with van der Waals surface area (Å²) in [5.41, 5.74) is 0. The lowest BCUT2D eigenvalue weighted by Crippen LogP contribution is -2.62. The van der Waals surface area contributed by atoms with Crippen molar-refractivity contribution < 1.29 is 18.0 Å². The van der Waals surface area contributed by atoms with Crippen LogP contribution in [0.4, 0.5) is 0 Å². The van der Waals surface area contributed by atoms with Crippen LogP contribution in [0.15, 0.2) is 11.5 Å². The van der Waals surface area contributed by atoms with E-state index >= 15 is 0 Å². The molecule has 2 aliphatic rings. The third-order valence-corrected chi connectivity index (χ3v) is 5.08. The van der Waals surface area contributed by atoms with Gasteiger partial charge in [-0.15, -0.1) is 0 Å². The first-order chi connectivity index (χ1) is 8.84. The summed E-state index contributed by atoms with van der Waals surface area (Å²) < 4.78 is 22.8. The summed E-state index contributed by atoms with van der Waals surface area (Å²) in [5.74, 6) is -0.524. The van der Waals surface area contributed by atoms with Crippen molar-refractivity contribution in [3.8, 4) is 0 Å². The first-order valence-corrected chi connectivity index (χ1v) is 8.06. The van der Waals surface area contributed by atoms with Crippen molar-refractivity contribution in [2.24, 2.45) is 5.92 Å². The Labute approximate surface area is 112 Å². The highest BCUT2D eigenvalue weighted by atomic mass is 32.2. The lowest BCUT2D eigenvalue weighted by atomic mass is 9.95. The van der Waals surface area contributed by atoms with E-state index in [0.717, 1.165) is 11.8 Å². The molecular formula is C12H18N2O4S. The lowest BCUT2D eigenvalue weighted by Gasteiger charge is -2.37. The normalized spacial score (nSPS) is 31.4. The van der Waals surface area contributed by atoms with Crippen LogP contribution in [0.3, 0.4) is 0 Å². The Morgan fingerprint density at radius 3 is 2.68 bits per heavy atom. The van der Waals surface area contributed by atoms with E-state index in [1.807, 2.05) is 13.8 Å². The number of nitrogens with one attached hydrogen (secondary N) is 1. The van der Waals surface area contributed by atoms with Gasteiger partial charge < -0.3 is 10.2 Å². The molecule has 2 rings (SSSR count). The van der Waals surface area contributed by atoms with E-state index in [0.29, 0.717) is 0 Å². The maximum atomic E-state index is 12.4. The number of amides is 2. The van der Waals surface area contributed by atoms with E-state index in [1.165, 1.54) is 11.0 Å². The van der Waals surface area contributed by atoms with Gasteiger partial charge in [0.05, 0.1) is 11.8 Å². The highest BCUT2D eigenvalue weighted by Crippen LogP contribution is 2.20. The molecule has 6 nitrogen and oxygen atoms in total. The molecule has 3 atom stereocenters. The molecule has 1 fully saturated rings. The first-order valence-electron chi connectivity index (χ1n) is 6.35. The van der Waals surface area contributed by atoms with Crippen molar-refractivity contribution >= 4 is 21.7 Å². The number of sulfone groups is 1. The van der Waals surface area contributed by atoms with Crippen LogP contribution < -0.4 is 5.32 Å². The van der Waals surface area contributed by atoms with E-state index in [1.54, 1.807) is 0 Å². The van der Waals surface area contributed by atoms with Gasteiger partial charge in [0, 0.05) is 5.41 Å². The second kappa shape index (κ2) is 4.96. The summed E-state index contributed by atoms with van der Waals surface area (Å²) in [4.78, 5) is 25.4. The fraction of sp³-hybridized carbons (Fsp3) is 0.667. The molecule has 19 heavy (non-hydrogen) atoms. The van der Waals surface area contributed by atoms with Gasteiger partial charge in [-0.3, -0.25) is 9.59 Å². The fourth-order valence-corrected chi connectivity index (χ4v) is 3.65. The molecule has 1 saturated heterocycles. The van der Waals surface area contributed by atoms with Gasteiger partial charge in [-0.25, -0.2) is 8.42 Å². The van der Waals surface area contributed by atoms with E-state index in [9.17, 15) is 18.0 Å². The molecule has 3 unspecified atom stereocenters. The minimum absolute atomic E-state index is 0.0289. The maximum absolute atomic E-state index is 12.4. The Balaban J connectivity index is 2.19. The molecule has 0 spiro atoms. The summed E-state index contributed by atoms with van der Waals surface area (Å²) in [6.07, 6.45) is 2.25. The number of nitrogens with zero attached hydrogens (tertiary/aromatic N) is 1. The molecule has 0 bridgehead atoms. The molecule has 2 heterocycles.